The van der Waals surface area contributed by atoms with E-state index in [2.05, 4.69) is 343 Å². The molecule has 0 unspecified atom stereocenters. The van der Waals surface area contributed by atoms with E-state index >= 15 is 0 Å². The maximum absolute atomic E-state index is 7.27. The highest BCUT2D eigenvalue weighted by Gasteiger charge is 2.47. The van der Waals surface area contributed by atoms with Gasteiger partial charge in [-0.2, -0.15) is 0 Å². The molecule has 4 aliphatic heterocycles. The van der Waals surface area contributed by atoms with Crippen molar-refractivity contribution in [1.82, 2.24) is 29.9 Å². The van der Waals surface area contributed by atoms with E-state index in [1.54, 1.807) is 0 Å². The summed E-state index contributed by atoms with van der Waals surface area (Å²) in [6.45, 7) is -0.0481. The van der Waals surface area contributed by atoms with Gasteiger partial charge in [0.05, 0.1) is 38.6 Å². The molecule has 4 aliphatic rings. The van der Waals surface area contributed by atoms with E-state index in [1.165, 1.54) is 16.4 Å². The molecule has 0 saturated carbocycles. The lowest BCUT2D eigenvalue weighted by molar-refractivity contribution is 0.477. The van der Waals surface area contributed by atoms with E-state index in [-0.39, 0.29) is 6.71 Å². The Balaban J connectivity index is 0.000000148. The molecule has 16 heteroatoms. The van der Waals surface area contributed by atoms with Crippen molar-refractivity contribution < 1.29 is 9.47 Å². The summed E-state index contributed by atoms with van der Waals surface area (Å²) in [4.78, 5) is 44.0. The maximum atomic E-state index is 7.27. The van der Waals surface area contributed by atoms with Crippen molar-refractivity contribution in [3.63, 3.8) is 0 Å². The molecule has 0 spiro atoms. The first-order chi connectivity index (χ1) is 64.4. The van der Waals surface area contributed by atoms with Gasteiger partial charge in [-0.15, -0.1) is 0 Å². The minimum Gasteiger partial charge on any atom is -0.451 e. The van der Waals surface area contributed by atoms with E-state index in [1.807, 2.05) is 164 Å². The molecule has 6 heterocycles. The largest absolute Gasteiger partial charge is 0.451 e. The highest BCUT2D eigenvalue weighted by molar-refractivity contribution is 9.10. The summed E-state index contributed by atoms with van der Waals surface area (Å²) in [5, 5.41) is 0. The first-order valence-electron chi connectivity index (χ1n) is 43.3. The fraction of sp³-hybridized carbons (Fsp3) is 0. The normalized spacial score (nSPS) is 12.2. The molecule has 14 nitrogen and oxygen atoms in total. The van der Waals surface area contributed by atoms with Gasteiger partial charge in [-0.25, -0.2) is 29.9 Å². The number of nitrogens with zero attached hydrogens (tertiary/aromatic N) is 12. The highest BCUT2D eigenvalue weighted by Crippen LogP contribution is 2.63. The maximum Gasteiger partial charge on any atom is 0.252 e. The quantitative estimate of drug-likeness (QED) is 0.0855. The fourth-order valence-corrected chi connectivity index (χ4v) is 18.8. The second-order valence-electron chi connectivity index (χ2n) is 31.8. The summed E-state index contributed by atoms with van der Waals surface area (Å²) in [5.41, 5.74) is 27.0. The van der Waals surface area contributed by atoms with Gasteiger partial charge in [-0.3, -0.25) is 0 Å². The molecule has 2 aromatic heterocycles. The molecule has 24 rings (SSSR count). The van der Waals surface area contributed by atoms with Crippen LogP contribution < -0.4 is 55.3 Å². The minimum absolute atomic E-state index is 0.0481. The number of fused-ring (bicyclic) bond motifs is 9. The number of hydrogen-bond acceptors (Lipinski definition) is 14. The third kappa shape index (κ3) is 14.2. The summed E-state index contributed by atoms with van der Waals surface area (Å²) in [7, 11) is 0. The zero-order chi connectivity index (χ0) is 86.4. The Morgan fingerprint density at radius 2 is 0.508 bits per heavy atom. The van der Waals surface area contributed by atoms with Crippen LogP contribution in [0.4, 0.5) is 102 Å². The van der Waals surface area contributed by atoms with Crippen LogP contribution in [-0.2, 0) is 0 Å². The molecule has 0 fully saturated rings. The number of benzene rings is 18. The Kier molecular flexibility index (Phi) is 20.2. The van der Waals surface area contributed by atoms with Crippen LogP contribution >= 0.6 is 15.9 Å². The topological polar surface area (TPSA) is 115 Å². The van der Waals surface area contributed by atoms with Crippen LogP contribution in [-0.4, -0.2) is 36.6 Å². The van der Waals surface area contributed by atoms with Crippen molar-refractivity contribution >= 4 is 141 Å². The second-order valence-corrected chi connectivity index (χ2v) is 32.6. The first-order valence-corrected chi connectivity index (χ1v) is 44.1. The molecule has 0 saturated heterocycles. The SMILES string of the molecule is Brc1c(N(c2ccccc2)c2ccccc2)cc2c(c1N(c1ccccc1)c1ccccc1)Oc1ccccc1N2c1ccc(-c2nc(-c3ccccc3)nc(-c3ccccc3)n2)cc1.c1ccc(-c2nc(-c3ccccc3)nc(-c3ccc(N4c5ccccc5Oc5c4cc4c6c5N(c5ccccc5)c5ccccc5B6c5ccccc5N4c4ccccc4)cc3)n2)cc1. The van der Waals surface area contributed by atoms with Gasteiger partial charge >= 0.3 is 0 Å². The smallest absolute Gasteiger partial charge is 0.252 e. The second kappa shape index (κ2) is 33.8. The Labute approximate surface area is 761 Å². The van der Waals surface area contributed by atoms with E-state index in [0.717, 1.165) is 157 Å². The molecule has 0 atom stereocenters. The molecule has 18 aromatic carbocycles. The van der Waals surface area contributed by atoms with Gasteiger partial charge in [-0.1, -0.05) is 291 Å². The van der Waals surface area contributed by atoms with Gasteiger partial charge in [0.2, 0.25) is 0 Å². The van der Waals surface area contributed by atoms with Crippen LogP contribution in [0.5, 0.6) is 23.0 Å². The van der Waals surface area contributed by atoms with Crippen molar-refractivity contribution in [3.8, 4) is 91.3 Å². The Morgan fingerprint density at radius 1 is 0.231 bits per heavy atom. The van der Waals surface area contributed by atoms with Crippen molar-refractivity contribution in [2.45, 2.75) is 0 Å². The first kappa shape index (κ1) is 77.7. The molecule has 0 amide bonds. The van der Waals surface area contributed by atoms with E-state index in [0.29, 0.717) is 40.7 Å². The van der Waals surface area contributed by atoms with Crippen LogP contribution in [0, 0.1) is 0 Å². The summed E-state index contributed by atoms with van der Waals surface area (Å²) >= 11 is 4.25. The number of anilines is 18. The van der Waals surface area contributed by atoms with Crippen LogP contribution in [0.3, 0.4) is 0 Å². The predicted molar refractivity (Wildman–Crippen MR) is 533 cm³/mol. The van der Waals surface area contributed by atoms with Gasteiger partial charge in [0.1, 0.15) is 5.69 Å². The summed E-state index contributed by atoms with van der Waals surface area (Å²) in [6, 6.07) is 159. The molecule has 614 valence electrons. The van der Waals surface area contributed by atoms with Gasteiger partial charge in [-0.05, 0) is 202 Å². The third-order valence-corrected chi connectivity index (χ3v) is 24.8. The summed E-state index contributed by atoms with van der Waals surface area (Å²) < 4.78 is 15.3. The van der Waals surface area contributed by atoms with Crippen molar-refractivity contribution in [1.29, 1.82) is 0 Å². The van der Waals surface area contributed by atoms with E-state index < -0.39 is 0 Å². The van der Waals surface area contributed by atoms with E-state index in [9.17, 15) is 0 Å². The molecule has 0 bridgehead atoms. The lowest BCUT2D eigenvalue weighted by Gasteiger charge is -2.46. The van der Waals surface area contributed by atoms with E-state index in [4.69, 9.17) is 39.4 Å². The number of ether oxygens (including phenoxy) is 2. The van der Waals surface area contributed by atoms with Crippen molar-refractivity contribution in [3.05, 3.63) is 466 Å². The van der Waals surface area contributed by atoms with Crippen molar-refractivity contribution in [2.75, 3.05) is 29.4 Å². The molecule has 0 radical (unpaired) electrons. The number of para-hydroxylation sites is 12. The molecular formula is C114H76BBrN12O2. The molecule has 20 aromatic rings. The zero-order valence-electron chi connectivity index (χ0n) is 70.0. The van der Waals surface area contributed by atoms with Gasteiger partial charge in [0.25, 0.3) is 6.71 Å². The van der Waals surface area contributed by atoms with Gasteiger partial charge < -0.3 is 38.9 Å². The number of hydrogen-bond donors (Lipinski definition) is 0. The Bertz CT molecular complexity index is 7180. The number of aromatic nitrogens is 6. The lowest BCUT2D eigenvalue weighted by Crippen LogP contribution is -2.61. The molecular weight excluding hydrogens is 1660 g/mol. The summed E-state index contributed by atoms with van der Waals surface area (Å²) in [5.74, 6) is 6.65. The predicted octanol–water partition coefficient (Wildman–Crippen LogP) is 28.7. The third-order valence-electron chi connectivity index (χ3n) is 24.0. The van der Waals surface area contributed by atoms with Crippen molar-refractivity contribution in [2.24, 2.45) is 0 Å². The Morgan fingerprint density at radius 3 is 0.892 bits per heavy atom. The number of rotatable bonds is 16. The molecule has 0 N–H and O–H groups in total. The summed E-state index contributed by atoms with van der Waals surface area (Å²) in [6.07, 6.45) is 0. The Hall–Kier alpha value is -17.1. The highest BCUT2D eigenvalue weighted by atomic mass is 79.9. The fourth-order valence-electron chi connectivity index (χ4n) is 18.2. The molecule has 130 heavy (non-hydrogen) atoms. The van der Waals surface area contributed by atoms with Gasteiger partial charge in [0, 0.05) is 95.9 Å². The minimum atomic E-state index is -0.0481. The lowest BCUT2D eigenvalue weighted by atomic mass is 9.33. The van der Waals surface area contributed by atoms with Crippen LogP contribution in [0.25, 0.3) is 68.3 Å². The monoisotopic (exact) mass is 1730 g/mol. The standard InChI is InChI=1S/C57H37BN6O.C57H39BrN6O/c1-5-19-38(20-6-1)55-59-56(39-21-7-2-8-22-39)61-57(60-55)40-33-35-43(36-34-40)63-48-31-17-18-32-51(48)65-54-50(63)37-49-52-53(54)64(42-25-11-4-12-26-42)47-30-16-14-28-45(47)58(52)44-27-13-15-29-46(44)62(49)41-23-9-3-10-24-41;58-52-49(62(43-25-11-3-12-26-43)44-27-13-4-14-28-44)39-50-54(53(52)63(45-29-15-5-16-30-45)46-31-17-6-18-32-46)65-51-34-20-19-33-48(51)64(50)47-37-35-42(36-38-47)57-60-55(40-21-7-1-8-22-40)59-56(61-57)41-23-9-2-10-24-41/h1-37H;1-39H. The van der Waals surface area contributed by atoms with Gasteiger partial charge in [0.15, 0.2) is 57.9 Å². The van der Waals surface area contributed by atoms with Crippen LogP contribution in [0.15, 0.2) is 466 Å². The zero-order valence-corrected chi connectivity index (χ0v) is 71.6. The number of halogens is 1. The average molecular weight is 1740 g/mol. The average Bonchev–Trinajstić information content (AvgIpc) is 0.685. The van der Waals surface area contributed by atoms with Crippen LogP contribution in [0.2, 0.25) is 0 Å². The molecule has 0 aliphatic carbocycles. The van der Waals surface area contributed by atoms with Crippen LogP contribution in [0.1, 0.15) is 0 Å².